The summed E-state index contributed by atoms with van der Waals surface area (Å²) in [5.74, 6) is -0.322. The number of hydrogen-bond donors (Lipinski definition) is 1. The van der Waals surface area contributed by atoms with E-state index in [2.05, 4.69) is 24.4 Å². The number of sulfone groups is 1. The number of hydrogen-bond acceptors (Lipinski definition) is 4. The molecule has 7 heteroatoms. The van der Waals surface area contributed by atoms with Crippen molar-refractivity contribution < 1.29 is 13.2 Å². The fourth-order valence-electron chi connectivity index (χ4n) is 3.40. The molecule has 1 aliphatic heterocycles. The van der Waals surface area contributed by atoms with E-state index >= 15 is 0 Å². The fraction of sp³-hybridized carbons (Fsp3) is 0.190. The maximum atomic E-state index is 13.1. The largest absolute Gasteiger partial charge is 0.324 e. The number of amides is 1. The highest BCUT2D eigenvalue weighted by molar-refractivity contribution is 7.91. The summed E-state index contributed by atoms with van der Waals surface area (Å²) in [5, 5.41) is 4.87. The first kappa shape index (κ1) is 19.2. The minimum atomic E-state index is -3.76. The number of carbonyl (C=O) groups is 1. The number of rotatable bonds is 4. The molecule has 1 amide bonds. The molecule has 1 atom stereocenters. The van der Waals surface area contributed by atoms with Crippen LogP contribution in [0.4, 0.5) is 5.69 Å². The van der Waals surface area contributed by atoms with Crippen molar-refractivity contribution >= 4 is 44.4 Å². The molecule has 0 bridgehead atoms. The van der Waals surface area contributed by atoms with E-state index in [4.69, 9.17) is 11.6 Å². The van der Waals surface area contributed by atoms with Gasteiger partial charge < -0.3 is 5.32 Å². The van der Waals surface area contributed by atoms with Crippen LogP contribution in [0.3, 0.4) is 0 Å². The lowest BCUT2D eigenvalue weighted by atomic mass is 9.90. The third-order valence-corrected chi connectivity index (χ3v) is 8.25. The Hall–Kier alpha value is -2.15. The topological polar surface area (TPSA) is 63.2 Å². The number of carbonyl (C=O) groups excluding carboxylic acids is 1. The van der Waals surface area contributed by atoms with E-state index in [1.54, 1.807) is 17.5 Å². The van der Waals surface area contributed by atoms with Gasteiger partial charge in [-0.2, -0.15) is 0 Å². The molecule has 0 saturated carbocycles. The Morgan fingerprint density at radius 2 is 1.79 bits per heavy atom. The van der Waals surface area contributed by atoms with Crippen LogP contribution in [0.2, 0.25) is 5.02 Å². The van der Waals surface area contributed by atoms with Gasteiger partial charge in [0.25, 0.3) is 0 Å². The zero-order chi connectivity index (χ0) is 19.9. The van der Waals surface area contributed by atoms with E-state index in [0.717, 1.165) is 16.9 Å². The zero-order valence-electron chi connectivity index (χ0n) is 15.1. The first-order chi connectivity index (χ1) is 13.4. The van der Waals surface area contributed by atoms with Gasteiger partial charge in [0.1, 0.15) is 4.90 Å². The van der Waals surface area contributed by atoms with Gasteiger partial charge in [-0.25, -0.2) is 8.42 Å². The Labute approximate surface area is 173 Å². The van der Waals surface area contributed by atoms with Crippen molar-refractivity contribution in [3.8, 4) is 0 Å². The lowest BCUT2D eigenvalue weighted by molar-refractivity contribution is -0.116. The van der Waals surface area contributed by atoms with Gasteiger partial charge in [-0.15, -0.1) is 11.3 Å². The number of anilines is 1. The van der Waals surface area contributed by atoms with Crippen LogP contribution in [0, 0.1) is 0 Å². The molecule has 3 aromatic rings. The van der Waals surface area contributed by atoms with Crippen molar-refractivity contribution in [1.82, 2.24) is 0 Å². The van der Waals surface area contributed by atoms with Gasteiger partial charge >= 0.3 is 0 Å². The van der Waals surface area contributed by atoms with E-state index in [1.807, 2.05) is 12.1 Å². The van der Waals surface area contributed by atoms with Gasteiger partial charge in [-0.1, -0.05) is 42.8 Å². The van der Waals surface area contributed by atoms with Crippen LogP contribution in [0.1, 0.15) is 35.3 Å². The predicted octanol–water partition coefficient (Wildman–Crippen LogP) is 5.27. The Kier molecular flexibility index (Phi) is 5.04. The van der Waals surface area contributed by atoms with Crippen molar-refractivity contribution in [3.63, 3.8) is 0 Å². The van der Waals surface area contributed by atoms with Crippen LogP contribution in [-0.2, 0) is 21.1 Å². The highest BCUT2D eigenvalue weighted by atomic mass is 35.5. The maximum absolute atomic E-state index is 13.1. The summed E-state index contributed by atoms with van der Waals surface area (Å²) in [7, 11) is -3.76. The van der Waals surface area contributed by atoms with Crippen LogP contribution >= 0.6 is 22.9 Å². The molecule has 0 radical (unpaired) electrons. The quantitative estimate of drug-likeness (QED) is 0.611. The van der Waals surface area contributed by atoms with E-state index in [1.165, 1.54) is 29.0 Å². The number of benzene rings is 2. The average Bonchev–Trinajstić information content (AvgIpc) is 3.12. The molecular weight excluding hydrogens is 414 g/mol. The molecule has 28 heavy (non-hydrogen) atoms. The molecule has 0 saturated heterocycles. The average molecular weight is 432 g/mol. The van der Waals surface area contributed by atoms with Crippen molar-refractivity contribution in [3.05, 3.63) is 74.9 Å². The molecule has 0 unspecified atom stereocenters. The Morgan fingerprint density at radius 3 is 2.43 bits per heavy atom. The molecule has 2 aromatic carbocycles. The molecule has 0 spiro atoms. The van der Waals surface area contributed by atoms with E-state index < -0.39 is 9.84 Å². The van der Waals surface area contributed by atoms with E-state index in [0.29, 0.717) is 17.1 Å². The lowest BCUT2D eigenvalue weighted by Crippen LogP contribution is -2.23. The minimum Gasteiger partial charge on any atom is -0.324 e. The van der Waals surface area contributed by atoms with Crippen LogP contribution in [0.15, 0.2) is 63.7 Å². The second-order valence-corrected chi connectivity index (χ2v) is 9.96. The first-order valence-electron chi connectivity index (χ1n) is 8.91. The number of halogens is 1. The number of thiophene rings is 1. The maximum Gasteiger partial charge on any atom is 0.225 e. The highest BCUT2D eigenvalue weighted by Crippen LogP contribution is 2.45. The van der Waals surface area contributed by atoms with Gasteiger partial charge in [0.2, 0.25) is 15.7 Å². The Balaban J connectivity index is 1.79. The summed E-state index contributed by atoms with van der Waals surface area (Å²) in [5.41, 5.74) is 2.65. The van der Waals surface area contributed by atoms with Gasteiger partial charge in [-0.05, 0) is 41.8 Å². The molecular formula is C21H18ClNO3S2. The second-order valence-electron chi connectivity index (χ2n) is 6.70. The molecule has 1 aliphatic rings. The lowest BCUT2D eigenvalue weighted by Gasteiger charge is -2.24. The van der Waals surface area contributed by atoms with Gasteiger partial charge in [0.05, 0.1) is 10.6 Å². The summed E-state index contributed by atoms with van der Waals surface area (Å²) in [6, 6.07) is 14.2. The van der Waals surface area contributed by atoms with Gasteiger partial charge in [-0.3, -0.25) is 4.79 Å². The van der Waals surface area contributed by atoms with Crippen molar-refractivity contribution in [1.29, 1.82) is 0 Å². The Bertz CT molecular complexity index is 1130. The number of aryl methyl sites for hydroxylation is 1. The summed E-state index contributed by atoms with van der Waals surface area (Å²) in [6.45, 7) is 2.09. The molecule has 0 aliphatic carbocycles. The predicted molar refractivity (Wildman–Crippen MR) is 112 cm³/mol. The normalized spacial score (nSPS) is 16.5. The summed E-state index contributed by atoms with van der Waals surface area (Å²) in [4.78, 5) is 13.5. The van der Waals surface area contributed by atoms with Crippen LogP contribution in [-0.4, -0.2) is 14.3 Å². The van der Waals surface area contributed by atoms with Crippen LogP contribution < -0.4 is 5.32 Å². The third kappa shape index (κ3) is 3.36. The van der Waals surface area contributed by atoms with Crippen molar-refractivity contribution in [2.24, 2.45) is 0 Å². The summed E-state index contributed by atoms with van der Waals surface area (Å²) in [6.07, 6.45) is 1.25. The van der Waals surface area contributed by atoms with Gasteiger partial charge in [0, 0.05) is 27.6 Å². The molecule has 144 valence electrons. The van der Waals surface area contributed by atoms with Crippen LogP contribution in [0.25, 0.3) is 0 Å². The first-order valence-corrected chi connectivity index (χ1v) is 11.6. The second kappa shape index (κ2) is 7.35. The third-order valence-electron chi connectivity index (χ3n) is 4.96. The fourth-order valence-corrected chi connectivity index (χ4v) is 6.43. The van der Waals surface area contributed by atoms with E-state index in [9.17, 15) is 13.2 Å². The van der Waals surface area contributed by atoms with E-state index in [-0.39, 0.29) is 21.6 Å². The molecule has 4 rings (SSSR count). The molecule has 4 nitrogen and oxygen atoms in total. The summed E-state index contributed by atoms with van der Waals surface area (Å²) < 4.78 is 26.2. The minimum absolute atomic E-state index is 0.137. The SMILES string of the molecule is CCc1ccc([C@@H]2CC(=O)Nc3c(S(=O)(=O)c4ccc(Cl)cc4)csc32)cc1. The monoisotopic (exact) mass is 431 g/mol. The molecule has 0 fully saturated rings. The standard InChI is InChI=1S/C21H18ClNO3S2/c1-2-13-3-5-14(6-4-13)17-11-19(24)23-20-18(12-27-21(17)20)28(25,26)16-9-7-15(22)8-10-16/h3-10,12,17H,2,11H2,1H3,(H,23,24)/t17-/m0/s1. The van der Waals surface area contributed by atoms with Gasteiger partial charge in [0.15, 0.2) is 0 Å². The molecule has 1 N–H and O–H groups in total. The molecule has 2 heterocycles. The Morgan fingerprint density at radius 1 is 1.11 bits per heavy atom. The summed E-state index contributed by atoms with van der Waals surface area (Å²) >= 11 is 7.25. The van der Waals surface area contributed by atoms with Crippen molar-refractivity contribution in [2.45, 2.75) is 35.5 Å². The molecule has 1 aromatic heterocycles. The smallest absolute Gasteiger partial charge is 0.225 e. The number of fused-ring (bicyclic) bond motifs is 1. The highest BCUT2D eigenvalue weighted by Gasteiger charge is 2.34. The van der Waals surface area contributed by atoms with Crippen LogP contribution in [0.5, 0.6) is 0 Å². The number of nitrogens with one attached hydrogen (secondary N) is 1. The van der Waals surface area contributed by atoms with Crippen molar-refractivity contribution in [2.75, 3.05) is 5.32 Å². The zero-order valence-corrected chi connectivity index (χ0v) is 17.5.